The van der Waals surface area contributed by atoms with Crippen molar-refractivity contribution in [1.82, 2.24) is 0 Å². The topological polar surface area (TPSA) is 29.1 Å². The molecule has 0 spiro atoms. The van der Waals surface area contributed by atoms with Gasteiger partial charge in [-0.25, -0.2) is 4.39 Å². The largest absolute Gasteiger partial charge is 0.321 e. The van der Waals surface area contributed by atoms with Crippen molar-refractivity contribution in [1.29, 1.82) is 0 Å². The van der Waals surface area contributed by atoms with Crippen molar-refractivity contribution < 1.29 is 9.18 Å². The van der Waals surface area contributed by atoms with E-state index >= 15 is 0 Å². The zero-order chi connectivity index (χ0) is 14.0. The average Bonchev–Trinajstić information content (AvgIpc) is 2.34. The summed E-state index contributed by atoms with van der Waals surface area (Å²) in [5.41, 5.74) is 0.702. The van der Waals surface area contributed by atoms with Gasteiger partial charge in [0.15, 0.2) is 0 Å². The molecule has 1 N–H and O–H groups in total. The van der Waals surface area contributed by atoms with Gasteiger partial charge >= 0.3 is 0 Å². The highest BCUT2D eigenvalue weighted by Crippen LogP contribution is 2.30. The first-order valence-corrected chi connectivity index (χ1v) is 6.74. The Morgan fingerprint density at radius 1 is 1.16 bits per heavy atom. The molecule has 6 heteroatoms. The molecule has 1 amide bonds. The minimum absolute atomic E-state index is 0.0515. The predicted molar refractivity (Wildman–Crippen MR) is 78.5 cm³/mol. The van der Waals surface area contributed by atoms with Crippen molar-refractivity contribution in [3.63, 3.8) is 0 Å². The van der Waals surface area contributed by atoms with Crippen molar-refractivity contribution in [2.75, 3.05) is 5.32 Å². The Kier molecular flexibility index (Phi) is 4.45. The quantitative estimate of drug-likeness (QED) is 0.786. The number of amides is 1. The molecule has 2 nitrogen and oxygen atoms in total. The molecule has 19 heavy (non-hydrogen) atoms. The van der Waals surface area contributed by atoms with Crippen molar-refractivity contribution in [2.24, 2.45) is 0 Å². The minimum Gasteiger partial charge on any atom is -0.321 e. The predicted octanol–water partition coefficient (Wildman–Crippen LogP) is 5.15. The fourth-order valence-corrected chi connectivity index (χ4v) is 2.25. The summed E-state index contributed by atoms with van der Waals surface area (Å²) in [6.45, 7) is 0. The highest BCUT2D eigenvalue weighted by molar-refractivity contribution is 9.10. The maximum absolute atomic E-state index is 12.9. The third kappa shape index (κ3) is 3.26. The van der Waals surface area contributed by atoms with Crippen molar-refractivity contribution in [2.45, 2.75) is 0 Å². The summed E-state index contributed by atoms with van der Waals surface area (Å²) in [6, 6.07) is 8.66. The van der Waals surface area contributed by atoms with Crippen LogP contribution in [0.3, 0.4) is 0 Å². The van der Waals surface area contributed by atoms with Gasteiger partial charge in [0.1, 0.15) is 5.82 Å². The number of carbonyl (C=O) groups excluding carboxylic acids is 1. The normalized spacial score (nSPS) is 10.3. The molecular formula is C13H7BrCl2FNO. The van der Waals surface area contributed by atoms with Crippen molar-refractivity contribution in [3.8, 4) is 0 Å². The number of halogens is 4. The third-order valence-corrected chi connectivity index (χ3v) is 4.09. The molecule has 0 fully saturated rings. The number of anilines is 1. The first kappa shape index (κ1) is 14.3. The van der Waals surface area contributed by atoms with Gasteiger partial charge < -0.3 is 5.32 Å². The highest BCUT2D eigenvalue weighted by Gasteiger charge is 2.13. The van der Waals surface area contributed by atoms with Gasteiger partial charge in [-0.2, -0.15) is 0 Å². The molecule has 0 aliphatic rings. The van der Waals surface area contributed by atoms with Crippen LogP contribution in [0.25, 0.3) is 0 Å². The molecule has 2 rings (SSSR count). The third-order valence-electron chi connectivity index (χ3n) is 2.38. The van der Waals surface area contributed by atoms with Crippen LogP contribution in [0, 0.1) is 5.82 Å². The van der Waals surface area contributed by atoms with Crippen LogP contribution in [0.1, 0.15) is 10.4 Å². The Hall–Kier alpha value is -1.10. The number of carbonyl (C=O) groups is 1. The summed E-state index contributed by atoms with van der Waals surface area (Å²) in [5.74, 6) is -0.932. The summed E-state index contributed by atoms with van der Waals surface area (Å²) in [5, 5.41) is 3.18. The maximum atomic E-state index is 12.9. The molecule has 0 aliphatic carbocycles. The van der Waals surface area contributed by atoms with E-state index in [1.54, 1.807) is 18.2 Å². The van der Waals surface area contributed by atoms with Gasteiger partial charge in [-0.1, -0.05) is 29.3 Å². The summed E-state index contributed by atoms with van der Waals surface area (Å²) in [4.78, 5) is 12.0. The standard InChI is InChI=1S/C13H7BrCl2FNO/c14-12-9(15)2-1-3-11(12)18-13(19)8-5-4-7(17)6-10(8)16/h1-6H,(H,18,19). The van der Waals surface area contributed by atoms with Crippen LogP contribution in [0.4, 0.5) is 10.1 Å². The maximum Gasteiger partial charge on any atom is 0.257 e. The Morgan fingerprint density at radius 3 is 2.58 bits per heavy atom. The van der Waals surface area contributed by atoms with Crippen molar-refractivity contribution in [3.05, 3.63) is 62.3 Å². The van der Waals surface area contributed by atoms with Gasteiger partial charge in [-0.3, -0.25) is 4.79 Å². The van der Waals surface area contributed by atoms with Crippen LogP contribution >= 0.6 is 39.1 Å². The minimum atomic E-state index is -0.495. The second-order valence-electron chi connectivity index (χ2n) is 3.68. The van der Waals surface area contributed by atoms with Gasteiger partial charge in [0.2, 0.25) is 0 Å². The van der Waals surface area contributed by atoms with Gasteiger partial charge in [0.25, 0.3) is 5.91 Å². The SMILES string of the molecule is O=C(Nc1cccc(Cl)c1Br)c1ccc(F)cc1Cl. The van der Waals surface area contributed by atoms with Crippen LogP contribution in [0.2, 0.25) is 10.0 Å². The molecule has 0 aliphatic heterocycles. The van der Waals surface area contributed by atoms with E-state index in [9.17, 15) is 9.18 Å². The van der Waals surface area contributed by atoms with E-state index < -0.39 is 11.7 Å². The van der Waals surface area contributed by atoms with E-state index in [2.05, 4.69) is 21.2 Å². The zero-order valence-electron chi connectivity index (χ0n) is 9.38. The first-order chi connectivity index (χ1) is 8.99. The first-order valence-electron chi connectivity index (χ1n) is 5.19. The van der Waals surface area contributed by atoms with Gasteiger partial charge in [-0.15, -0.1) is 0 Å². The van der Waals surface area contributed by atoms with Gasteiger partial charge in [0, 0.05) is 0 Å². The Morgan fingerprint density at radius 2 is 1.89 bits per heavy atom. The van der Waals surface area contributed by atoms with E-state index in [-0.39, 0.29) is 10.6 Å². The van der Waals surface area contributed by atoms with E-state index in [4.69, 9.17) is 23.2 Å². The summed E-state index contributed by atoms with van der Waals surface area (Å²) < 4.78 is 13.5. The number of nitrogens with one attached hydrogen (secondary N) is 1. The molecule has 0 saturated heterocycles. The fraction of sp³-hybridized carbons (Fsp3) is 0. The summed E-state index contributed by atoms with van der Waals surface area (Å²) >= 11 is 15.0. The van der Waals surface area contributed by atoms with Gasteiger partial charge in [-0.05, 0) is 46.3 Å². The summed E-state index contributed by atoms with van der Waals surface area (Å²) in [7, 11) is 0. The van der Waals surface area contributed by atoms with E-state index in [0.717, 1.165) is 6.07 Å². The number of hydrogen-bond donors (Lipinski definition) is 1. The Bertz CT molecular complexity index is 649. The Balaban J connectivity index is 2.28. The van der Waals surface area contributed by atoms with Crippen LogP contribution in [0.15, 0.2) is 40.9 Å². The molecule has 98 valence electrons. The lowest BCUT2D eigenvalue weighted by atomic mass is 10.2. The smallest absolute Gasteiger partial charge is 0.257 e. The molecule has 0 bridgehead atoms. The highest BCUT2D eigenvalue weighted by atomic mass is 79.9. The number of rotatable bonds is 2. The van der Waals surface area contributed by atoms with E-state index in [1.165, 1.54) is 12.1 Å². The zero-order valence-corrected chi connectivity index (χ0v) is 12.5. The van der Waals surface area contributed by atoms with Crippen LogP contribution in [0.5, 0.6) is 0 Å². The van der Waals surface area contributed by atoms with E-state index in [0.29, 0.717) is 15.2 Å². The van der Waals surface area contributed by atoms with Crippen LogP contribution < -0.4 is 5.32 Å². The Labute approximate surface area is 127 Å². The lowest BCUT2D eigenvalue weighted by Gasteiger charge is -2.09. The second kappa shape index (κ2) is 5.90. The van der Waals surface area contributed by atoms with Gasteiger partial charge in [0.05, 0.1) is 25.8 Å². The molecule has 2 aromatic carbocycles. The molecule has 0 heterocycles. The fourth-order valence-electron chi connectivity index (χ4n) is 1.46. The number of benzene rings is 2. The molecular weight excluding hydrogens is 356 g/mol. The lowest BCUT2D eigenvalue weighted by Crippen LogP contribution is -2.13. The average molecular weight is 363 g/mol. The molecule has 0 unspecified atom stereocenters. The molecule has 0 saturated carbocycles. The van der Waals surface area contributed by atoms with E-state index in [1.807, 2.05) is 0 Å². The van der Waals surface area contributed by atoms with Crippen LogP contribution in [-0.4, -0.2) is 5.91 Å². The number of hydrogen-bond acceptors (Lipinski definition) is 1. The molecule has 0 radical (unpaired) electrons. The molecule has 2 aromatic rings. The van der Waals surface area contributed by atoms with Crippen molar-refractivity contribution >= 4 is 50.7 Å². The lowest BCUT2D eigenvalue weighted by molar-refractivity contribution is 0.102. The van der Waals surface area contributed by atoms with Crippen LogP contribution in [-0.2, 0) is 0 Å². The monoisotopic (exact) mass is 361 g/mol. The molecule has 0 atom stereocenters. The second-order valence-corrected chi connectivity index (χ2v) is 5.29. The molecule has 0 aromatic heterocycles. The summed E-state index contributed by atoms with van der Waals surface area (Å²) in [6.07, 6.45) is 0.